The van der Waals surface area contributed by atoms with Gasteiger partial charge in [-0.3, -0.25) is 9.88 Å². The summed E-state index contributed by atoms with van der Waals surface area (Å²) in [6.07, 6.45) is 1.85. The van der Waals surface area contributed by atoms with Crippen LogP contribution in [0.1, 0.15) is 18.2 Å². The third kappa shape index (κ3) is 4.37. The number of nitrogens with zero attached hydrogens (tertiary/aromatic N) is 3. The SMILES string of the molecule is C[C@@H](CO)CN(Cc1ccccc1)Cc1cnc2ccccc2n1. The normalized spacial score (nSPS) is 12.6. The molecule has 0 aliphatic heterocycles. The molecule has 0 unspecified atom stereocenters. The molecule has 0 aliphatic carbocycles. The van der Waals surface area contributed by atoms with Gasteiger partial charge in [0.25, 0.3) is 0 Å². The van der Waals surface area contributed by atoms with E-state index in [1.807, 2.05) is 36.5 Å². The molecule has 0 amide bonds. The maximum Gasteiger partial charge on any atom is 0.0890 e. The molecule has 0 aliphatic rings. The van der Waals surface area contributed by atoms with E-state index in [0.717, 1.165) is 36.4 Å². The van der Waals surface area contributed by atoms with Crippen molar-refractivity contribution < 1.29 is 5.11 Å². The molecule has 0 fully saturated rings. The molecule has 1 heterocycles. The van der Waals surface area contributed by atoms with Gasteiger partial charge in [-0.1, -0.05) is 49.4 Å². The molecule has 4 nitrogen and oxygen atoms in total. The quantitative estimate of drug-likeness (QED) is 0.726. The van der Waals surface area contributed by atoms with Crippen molar-refractivity contribution in [1.29, 1.82) is 0 Å². The number of fused-ring (bicyclic) bond motifs is 1. The summed E-state index contributed by atoms with van der Waals surface area (Å²) in [6.45, 7) is 4.62. The van der Waals surface area contributed by atoms with E-state index in [-0.39, 0.29) is 12.5 Å². The van der Waals surface area contributed by atoms with Crippen LogP contribution in [0.3, 0.4) is 0 Å². The summed E-state index contributed by atoms with van der Waals surface area (Å²) in [4.78, 5) is 11.5. The molecule has 0 bridgehead atoms. The van der Waals surface area contributed by atoms with Crippen LogP contribution in [0.2, 0.25) is 0 Å². The number of aliphatic hydroxyl groups is 1. The highest BCUT2D eigenvalue weighted by atomic mass is 16.3. The molecule has 3 rings (SSSR count). The largest absolute Gasteiger partial charge is 0.396 e. The lowest BCUT2D eigenvalue weighted by molar-refractivity contribution is 0.162. The van der Waals surface area contributed by atoms with Crippen LogP contribution in [0.5, 0.6) is 0 Å². The molecule has 0 saturated carbocycles. The van der Waals surface area contributed by atoms with Gasteiger partial charge < -0.3 is 5.11 Å². The van der Waals surface area contributed by atoms with Gasteiger partial charge in [0.1, 0.15) is 0 Å². The summed E-state index contributed by atoms with van der Waals surface area (Å²) in [5, 5.41) is 9.40. The molecule has 4 heteroatoms. The number of benzene rings is 2. The van der Waals surface area contributed by atoms with Crippen LogP contribution in [0, 0.1) is 5.92 Å². The number of para-hydroxylation sites is 2. The number of hydrogen-bond acceptors (Lipinski definition) is 4. The summed E-state index contributed by atoms with van der Waals surface area (Å²) < 4.78 is 0. The van der Waals surface area contributed by atoms with E-state index in [2.05, 4.69) is 41.1 Å². The van der Waals surface area contributed by atoms with Crippen molar-refractivity contribution in [3.63, 3.8) is 0 Å². The monoisotopic (exact) mass is 321 g/mol. The van der Waals surface area contributed by atoms with Gasteiger partial charge in [0.15, 0.2) is 0 Å². The minimum atomic E-state index is 0.189. The topological polar surface area (TPSA) is 49.2 Å². The maximum absolute atomic E-state index is 9.40. The van der Waals surface area contributed by atoms with E-state index in [9.17, 15) is 5.11 Å². The van der Waals surface area contributed by atoms with Crippen molar-refractivity contribution in [2.45, 2.75) is 20.0 Å². The Morgan fingerprint density at radius 3 is 2.42 bits per heavy atom. The van der Waals surface area contributed by atoms with Gasteiger partial charge in [-0.05, 0) is 23.6 Å². The fourth-order valence-corrected chi connectivity index (χ4v) is 2.83. The molecule has 0 saturated heterocycles. The summed E-state index contributed by atoms with van der Waals surface area (Å²) >= 11 is 0. The van der Waals surface area contributed by atoms with E-state index in [1.54, 1.807) is 0 Å². The van der Waals surface area contributed by atoms with Crippen LogP contribution in [0.15, 0.2) is 60.8 Å². The lowest BCUT2D eigenvalue weighted by Gasteiger charge is -2.24. The predicted octanol–water partition coefficient (Wildman–Crippen LogP) is 3.26. The van der Waals surface area contributed by atoms with Crippen LogP contribution in [0.25, 0.3) is 11.0 Å². The van der Waals surface area contributed by atoms with Crippen LogP contribution in [-0.2, 0) is 13.1 Å². The van der Waals surface area contributed by atoms with E-state index >= 15 is 0 Å². The third-order valence-electron chi connectivity index (χ3n) is 4.01. The minimum Gasteiger partial charge on any atom is -0.396 e. The molecule has 0 radical (unpaired) electrons. The average molecular weight is 321 g/mol. The number of rotatable bonds is 7. The third-order valence-corrected chi connectivity index (χ3v) is 4.01. The molecular weight excluding hydrogens is 298 g/mol. The van der Waals surface area contributed by atoms with E-state index in [4.69, 9.17) is 4.98 Å². The van der Waals surface area contributed by atoms with Gasteiger partial charge in [-0.25, -0.2) is 4.98 Å². The highest BCUT2D eigenvalue weighted by Crippen LogP contribution is 2.13. The average Bonchev–Trinajstić information content (AvgIpc) is 2.62. The Kier molecular flexibility index (Phi) is 5.51. The summed E-state index contributed by atoms with van der Waals surface area (Å²) in [5.74, 6) is 0.224. The fourth-order valence-electron chi connectivity index (χ4n) is 2.83. The Labute approximate surface area is 142 Å². The Hall–Kier alpha value is -2.30. The standard InChI is InChI=1S/C20H23N3O/c1-16(15-24)12-23(13-17-7-3-2-4-8-17)14-18-11-21-19-9-5-6-10-20(19)22-18/h2-11,16,24H,12-15H2,1H3/t16-/m1/s1. The molecule has 0 spiro atoms. The first-order chi connectivity index (χ1) is 11.7. The van der Waals surface area contributed by atoms with Gasteiger partial charge in [0, 0.05) is 26.2 Å². The highest BCUT2D eigenvalue weighted by Gasteiger charge is 2.12. The van der Waals surface area contributed by atoms with E-state index in [0.29, 0.717) is 0 Å². The molecule has 124 valence electrons. The van der Waals surface area contributed by atoms with Crippen LogP contribution in [0.4, 0.5) is 0 Å². The lowest BCUT2D eigenvalue weighted by Crippen LogP contribution is -2.29. The first-order valence-corrected chi connectivity index (χ1v) is 8.32. The van der Waals surface area contributed by atoms with Crippen LogP contribution in [-0.4, -0.2) is 33.1 Å². The molecule has 1 N–H and O–H groups in total. The second kappa shape index (κ2) is 7.99. The van der Waals surface area contributed by atoms with Crippen molar-refractivity contribution in [2.75, 3.05) is 13.2 Å². The number of hydrogen-bond donors (Lipinski definition) is 1. The van der Waals surface area contributed by atoms with Gasteiger partial charge in [0.2, 0.25) is 0 Å². The van der Waals surface area contributed by atoms with E-state index < -0.39 is 0 Å². The van der Waals surface area contributed by atoms with Crippen molar-refractivity contribution in [3.8, 4) is 0 Å². The van der Waals surface area contributed by atoms with Crippen molar-refractivity contribution >= 4 is 11.0 Å². The molecule has 2 aromatic carbocycles. The van der Waals surface area contributed by atoms with Crippen molar-refractivity contribution in [3.05, 3.63) is 72.1 Å². The Bertz CT molecular complexity index is 776. The van der Waals surface area contributed by atoms with Gasteiger partial charge in [-0.2, -0.15) is 0 Å². The number of aromatic nitrogens is 2. The zero-order valence-electron chi connectivity index (χ0n) is 14.0. The first kappa shape index (κ1) is 16.6. The first-order valence-electron chi connectivity index (χ1n) is 8.32. The van der Waals surface area contributed by atoms with Gasteiger partial charge >= 0.3 is 0 Å². The zero-order valence-corrected chi connectivity index (χ0v) is 14.0. The predicted molar refractivity (Wildman–Crippen MR) is 96.3 cm³/mol. The van der Waals surface area contributed by atoms with Gasteiger partial charge in [-0.15, -0.1) is 0 Å². The molecule has 3 aromatic rings. The van der Waals surface area contributed by atoms with Crippen molar-refractivity contribution in [2.24, 2.45) is 5.92 Å². The minimum absolute atomic E-state index is 0.189. The smallest absolute Gasteiger partial charge is 0.0890 e. The molecular formula is C20H23N3O. The zero-order chi connectivity index (χ0) is 16.8. The van der Waals surface area contributed by atoms with Crippen LogP contribution < -0.4 is 0 Å². The Morgan fingerprint density at radius 2 is 1.67 bits per heavy atom. The Morgan fingerprint density at radius 1 is 0.958 bits per heavy atom. The summed E-state index contributed by atoms with van der Waals surface area (Å²) in [6, 6.07) is 18.3. The highest BCUT2D eigenvalue weighted by molar-refractivity contribution is 5.73. The molecule has 24 heavy (non-hydrogen) atoms. The lowest BCUT2D eigenvalue weighted by atomic mass is 10.1. The second-order valence-electron chi connectivity index (χ2n) is 6.29. The maximum atomic E-state index is 9.40. The van der Waals surface area contributed by atoms with Crippen molar-refractivity contribution in [1.82, 2.24) is 14.9 Å². The van der Waals surface area contributed by atoms with Crippen LogP contribution >= 0.6 is 0 Å². The summed E-state index contributed by atoms with van der Waals surface area (Å²) in [7, 11) is 0. The van der Waals surface area contributed by atoms with Gasteiger partial charge in [0.05, 0.1) is 22.9 Å². The number of aliphatic hydroxyl groups excluding tert-OH is 1. The summed E-state index contributed by atoms with van der Waals surface area (Å²) in [5.41, 5.74) is 4.05. The second-order valence-corrected chi connectivity index (χ2v) is 6.29. The fraction of sp³-hybridized carbons (Fsp3) is 0.300. The Balaban J connectivity index is 1.78. The van der Waals surface area contributed by atoms with E-state index in [1.165, 1.54) is 5.56 Å². The molecule has 1 aromatic heterocycles. The molecule has 1 atom stereocenters.